The molecule has 0 spiro atoms. The highest BCUT2D eigenvalue weighted by molar-refractivity contribution is 7.17. The van der Waals surface area contributed by atoms with Crippen molar-refractivity contribution < 1.29 is 14.3 Å². The average Bonchev–Trinajstić information content (AvgIpc) is 2.98. The van der Waals surface area contributed by atoms with Crippen LogP contribution in [0.2, 0.25) is 0 Å². The molecular weight excluding hydrogens is 322 g/mol. The summed E-state index contributed by atoms with van der Waals surface area (Å²) >= 11 is 1.50. The maximum atomic E-state index is 12.5. The van der Waals surface area contributed by atoms with Gasteiger partial charge in [0, 0.05) is 10.4 Å². The lowest BCUT2D eigenvalue weighted by Crippen LogP contribution is -2.15. The predicted octanol–water partition coefficient (Wildman–Crippen LogP) is 4.23. The highest BCUT2D eigenvalue weighted by atomic mass is 32.1. The Labute approximate surface area is 145 Å². The average molecular weight is 343 g/mol. The third-order valence-corrected chi connectivity index (χ3v) is 5.62. The first kappa shape index (κ1) is 16.7. The van der Waals surface area contributed by atoms with Gasteiger partial charge in [-0.25, -0.2) is 4.79 Å². The van der Waals surface area contributed by atoms with Crippen molar-refractivity contribution in [1.29, 1.82) is 0 Å². The number of hydrogen-bond acceptors (Lipinski definition) is 4. The molecule has 0 saturated carbocycles. The second kappa shape index (κ2) is 7.18. The van der Waals surface area contributed by atoms with Crippen LogP contribution >= 0.6 is 11.3 Å². The van der Waals surface area contributed by atoms with E-state index < -0.39 is 0 Å². The second-order valence-electron chi connectivity index (χ2n) is 5.91. The number of nitrogens with one attached hydrogen (secondary N) is 1. The van der Waals surface area contributed by atoms with Crippen LogP contribution in [0.25, 0.3) is 0 Å². The Morgan fingerprint density at radius 3 is 2.54 bits per heavy atom. The van der Waals surface area contributed by atoms with Gasteiger partial charge in [-0.15, -0.1) is 11.3 Å². The summed E-state index contributed by atoms with van der Waals surface area (Å²) in [5.74, 6) is -0.563. The van der Waals surface area contributed by atoms with E-state index in [-0.39, 0.29) is 11.9 Å². The molecule has 0 saturated heterocycles. The van der Waals surface area contributed by atoms with Gasteiger partial charge < -0.3 is 10.1 Å². The normalized spacial score (nSPS) is 13.2. The number of benzene rings is 1. The summed E-state index contributed by atoms with van der Waals surface area (Å²) in [6, 6.07) is 7.55. The number of carbonyl (C=O) groups is 2. The molecular formula is C19H21NO3S. The molecule has 1 amide bonds. The Kier molecular flexibility index (Phi) is 5.00. The molecule has 0 bridgehead atoms. The molecule has 1 aromatic heterocycles. The zero-order valence-electron chi connectivity index (χ0n) is 14.0. The van der Waals surface area contributed by atoms with E-state index in [0.717, 1.165) is 37.7 Å². The summed E-state index contributed by atoms with van der Waals surface area (Å²) in [6.07, 6.45) is 4.97. The van der Waals surface area contributed by atoms with Gasteiger partial charge in [-0.1, -0.05) is 19.1 Å². The molecule has 1 heterocycles. The molecule has 5 heteroatoms. The minimum Gasteiger partial charge on any atom is -0.465 e. The quantitative estimate of drug-likeness (QED) is 0.845. The Morgan fingerprint density at radius 2 is 1.88 bits per heavy atom. The maximum absolute atomic E-state index is 12.5. The molecule has 0 unspecified atom stereocenters. The molecule has 126 valence electrons. The molecule has 0 aliphatic heterocycles. The predicted molar refractivity (Wildman–Crippen MR) is 96.1 cm³/mol. The van der Waals surface area contributed by atoms with E-state index in [1.807, 2.05) is 24.3 Å². The van der Waals surface area contributed by atoms with E-state index >= 15 is 0 Å². The number of amides is 1. The van der Waals surface area contributed by atoms with Crippen LogP contribution in [-0.2, 0) is 24.0 Å². The van der Waals surface area contributed by atoms with E-state index in [2.05, 4.69) is 12.2 Å². The van der Waals surface area contributed by atoms with Crippen LogP contribution in [0.3, 0.4) is 0 Å². The lowest BCUT2D eigenvalue weighted by atomic mass is 9.95. The minimum absolute atomic E-state index is 0.193. The summed E-state index contributed by atoms with van der Waals surface area (Å²) in [5.41, 5.74) is 3.37. The van der Waals surface area contributed by atoms with Crippen LogP contribution in [0.4, 0.5) is 5.00 Å². The lowest BCUT2D eigenvalue weighted by molar-refractivity contribution is 0.0601. The third-order valence-electron chi connectivity index (χ3n) is 4.41. The molecule has 4 nitrogen and oxygen atoms in total. The molecule has 1 N–H and O–H groups in total. The Balaban J connectivity index is 1.89. The molecule has 24 heavy (non-hydrogen) atoms. The monoisotopic (exact) mass is 343 g/mol. The van der Waals surface area contributed by atoms with E-state index in [1.165, 1.54) is 28.9 Å². The van der Waals surface area contributed by atoms with Crippen molar-refractivity contribution in [2.24, 2.45) is 0 Å². The number of methoxy groups -OCH3 is 1. The van der Waals surface area contributed by atoms with Gasteiger partial charge in [-0.3, -0.25) is 4.79 Å². The van der Waals surface area contributed by atoms with Gasteiger partial charge in [0.1, 0.15) is 5.00 Å². The number of hydrogen-bond donors (Lipinski definition) is 1. The smallest absolute Gasteiger partial charge is 0.341 e. The third kappa shape index (κ3) is 3.22. The Morgan fingerprint density at radius 1 is 1.17 bits per heavy atom. The highest BCUT2D eigenvalue weighted by Crippen LogP contribution is 2.38. The Bertz CT molecular complexity index is 762. The van der Waals surface area contributed by atoms with Crippen LogP contribution in [0.5, 0.6) is 0 Å². The first-order valence-electron chi connectivity index (χ1n) is 8.27. The van der Waals surface area contributed by atoms with Crippen LogP contribution in [0, 0.1) is 0 Å². The summed E-state index contributed by atoms with van der Waals surface area (Å²) in [5, 5.41) is 3.53. The molecule has 2 aromatic rings. The fourth-order valence-corrected chi connectivity index (χ4v) is 4.31. The SMILES string of the molecule is CCc1ccc(C(=O)Nc2sc3c(c2C(=O)OC)CCCC3)cc1. The van der Waals surface area contributed by atoms with Crippen molar-refractivity contribution in [1.82, 2.24) is 0 Å². The first-order chi connectivity index (χ1) is 11.6. The molecule has 0 radical (unpaired) electrons. The number of fused-ring (bicyclic) bond motifs is 1. The van der Waals surface area contributed by atoms with Crippen LogP contribution in [-0.4, -0.2) is 19.0 Å². The minimum atomic E-state index is -0.369. The highest BCUT2D eigenvalue weighted by Gasteiger charge is 2.27. The van der Waals surface area contributed by atoms with Crippen molar-refractivity contribution in [2.75, 3.05) is 12.4 Å². The van der Waals surface area contributed by atoms with E-state index in [0.29, 0.717) is 16.1 Å². The first-order valence-corrected chi connectivity index (χ1v) is 9.08. The van der Waals surface area contributed by atoms with E-state index in [9.17, 15) is 9.59 Å². The number of thiophene rings is 1. The van der Waals surface area contributed by atoms with E-state index in [4.69, 9.17) is 4.74 Å². The standard InChI is InChI=1S/C19H21NO3S/c1-3-12-8-10-13(11-9-12)17(21)20-18-16(19(22)23-2)14-6-4-5-7-15(14)24-18/h8-11H,3-7H2,1-2H3,(H,20,21). The summed E-state index contributed by atoms with van der Waals surface area (Å²) in [7, 11) is 1.38. The van der Waals surface area contributed by atoms with E-state index in [1.54, 1.807) is 0 Å². The fraction of sp³-hybridized carbons (Fsp3) is 0.368. The number of esters is 1. The van der Waals surface area contributed by atoms with Crippen LogP contribution < -0.4 is 5.32 Å². The topological polar surface area (TPSA) is 55.4 Å². The van der Waals surface area contributed by atoms with Crippen molar-refractivity contribution in [3.63, 3.8) is 0 Å². The van der Waals surface area contributed by atoms with Gasteiger partial charge in [0.2, 0.25) is 0 Å². The van der Waals surface area contributed by atoms with Gasteiger partial charge in [-0.2, -0.15) is 0 Å². The van der Waals surface area contributed by atoms with Gasteiger partial charge in [0.05, 0.1) is 12.7 Å². The number of anilines is 1. The molecule has 0 atom stereocenters. The fourth-order valence-electron chi connectivity index (χ4n) is 3.04. The number of ether oxygens (including phenoxy) is 1. The summed E-state index contributed by atoms with van der Waals surface area (Å²) in [4.78, 5) is 25.9. The lowest BCUT2D eigenvalue weighted by Gasteiger charge is -2.11. The molecule has 1 aromatic carbocycles. The summed E-state index contributed by atoms with van der Waals surface area (Å²) in [6.45, 7) is 2.08. The Hall–Kier alpha value is -2.14. The molecule has 1 aliphatic carbocycles. The molecule has 1 aliphatic rings. The zero-order valence-corrected chi connectivity index (χ0v) is 14.8. The number of rotatable bonds is 4. The molecule has 3 rings (SSSR count). The summed E-state index contributed by atoms with van der Waals surface area (Å²) < 4.78 is 4.94. The van der Waals surface area contributed by atoms with Crippen molar-refractivity contribution in [3.05, 3.63) is 51.4 Å². The van der Waals surface area contributed by atoms with Gasteiger partial charge in [0.25, 0.3) is 5.91 Å². The van der Waals surface area contributed by atoms with Gasteiger partial charge >= 0.3 is 5.97 Å². The largest absolute Gasteiger partial charge is 0.465 e. The van der Waals surface area contributed by atoms with Crippen molar-refractivity contribution >= 4 is 28.2 Å². The number of carbonyl (C=O) groups excluding carboxylic acids is 2. The van der Waals surface area contributed by atoms with Gasteiger partial charge in [-0.05, 0) is 55.4 Å². The second-order valence-corrected chi connectivity index (χ2v) is 7.02. The molecule has 0 fully saturated rings. The zero-order chi connectivity index (χ0) is 17.1. The van der Waals surface area contributed by atoms with Crippen molar-refractivity contribution in [3.8, 4) is 0 Å². The maximum Gasteiger partial charge on any atom is 0.341 e. The van der Waals surface area contributed by atoms with Gasteiger partial charge in [0.15, 0.2) is 0 Å². The number of aryl methyl sites for hydroxylation is 2. The van der Waals surface area contributed by atoms with Crippen LogP contribution in [0.1, 0.15) is 56.5 Å². The van der Waals surface area contributed by atoms with Crippen LogP contribution in [0.15, 0.2) is 24.3 Å². The van der Waals surface area contributed by atoms with Crippen molar-refractivity contribution in [2.45, 2.75) is 39.0 Å².